The second kappa shape index (κ2) is 10.9. The summed E-state index contributed by atoms with van der Waals surface area (Å²) in [5.41, 5.74) is 1.69. The van der Waals surface area contributed by atoms with Crippen molar-refractivity contribution in [3.8, 4) is 11.1 Å². The normalized spacial score (nSPS) is 28.3. The Labute approximate surface area is 271 Å². The molecule has 13 nitrogen and oxygen atoms in total. The number of hydrogen-bond acceptors (Lipinski definition) is 9. The van der Waals surface area contributed by atoms with Crippen LogP contribution in [0.3, 0.4) is 0 Å². The van der Waals surface area contributed by atoms with Gasteiger partial charge < -0.3 is 25.1 Å². The average Bonchev–Trinajstić information content (AvgIpc) is 3.92. The van der Waals surface area contributed by atoms with E-state index >= 15 is 0 Å². The van der Waals surface area contributed by atoms with Gasteiger partial charge in [0.25, 0.3) is 5.91 Å². The molecule has 7 rings (SSSR count). The summed E-state index contributed by atoms with van der Waals surface area (Å²) in [5, 5.41) is 9.18. The van der Waals surface area contributed by atoms with Crippen molar-refractivity contribution < 1.29 is 37.2 Å². The van der Waals surface area contributed by atoms with Crippen LogP contribution < -0.4 is 15.4 Å². The third-order valence-corrected chi connectivity index (χ3v) is 11.4. The number of carbonyl (C=O) groups is 4. The number of nitrogens with one attached hydrogen (secondary N) is 3. The average molecular weight is 662 g/mol. The second-order valence-electron chi connectivity index (χ2n) is 13.3. The molecule has 0 radical (unpaired) electrons. The lowest BCUT2D eigenvalue weighted by Crippen LogP contribution is -2.59. The quantitative estimate of drug-likeness (QED) is 0.231. The minimum atomic E-state index is -3.87. The molecule has 0 bridgehead atoms. The number of ether oxygens (including phenoxy) is 1. The zero-order chi connectivity index (χ0) is 33.3. The van der Waals surface area contributed by atoms with E-state index in [-0.39, 0.29) is 19.4 Å². The molecule has 4 amide bonds. The van der Waals surface area contributed by atoms with Crippen LogP contribution in [-0.2, 0) is 34.0 Å². The molecule has 2 heterocycles. The molecule has 14 heteroatoms. The van der Waals surface area contributed by atoms with Crippen molar-refractivity contribution in [3.63, 3.8) is 0 Å². The number of alkyl carbamates (subject to hydrolysis) is 1. The number of fused-ring (bicyclic) bond motifs is 3. The molecule has 0 spiro atoms. The van der Waals surface area contributed by atoms with Gasteiger partial charge >= 0.3 is 6.09 Å². The smallest absolute Gasteiger partial charge is 0.408 e. The minimum absolute atomic E-state index is 0.0242. The van der Waals surface area contributed by atoms with Crippen molar-refractivity contribution in [1.29, 1.82) is 0 Å². The molecule has 2 aliphatic heterocycles. The number of carbonyl (C=O) groups excluding carboxylic acids is 4. The van der Waals surface area contributed by atoms with Crippen molar-refractivity contribution in [3.05, 3.63) is 72.3 Å². The summed E-state index contributed by atoms with van der Waals surface area (Å²) in [4.78, 5) is 60.7. The second-order valence-corrected chi connectivity index (χ2v) is 15.2. The van der Waals surface area contributed by atoms with E-state index in [0.29, 0.717) is 18.6 Å². The number of benzene rings is 2. The first-order valence-corrected chi connectivity index (χ1v) is 17.1. The summed E-state index contributed by atoms with van der Waals surface area (Å²) < 4.78 is 32.6. The first-order valence-electron chi connectivity index (χ1n) is 15.6. The maximum atomic E-state index is 14.0. The fourth-order valence-electron chi connectivity index (χ4n) is 6.75. The maximum Gasteiger partial charge on any atom is 0.408 e. The Hall–Kier alpha value is -4.72. The molecule has 5 atom stereocenters. The SMILES string of the molecule is C=C[C@@H]1C[C@]1(NC(=O)[C@@H]1C[C@@H](ON=C2c3ccccc3-c3ccccc32)CN1C(=O)[C@H]1NC(=O)OC1(C)C)C(=O)NS(=O)(=O)C1CC1. The van der Waals surface area contributed by atoms with Crippen LogP contribution in [0.4, 0.5) is 4.79 Å². The molecule has 2 aromatic carbocycles. The Kier molecular flexibility index (Phi) is 7.19. The predicted molar refractivity (Wildman–Crippen MR) is 169 cm³/mol. The van der Waals surface area contributed by atoms with Gasteiger partial charge in [-0.25, -0.2) is 13.2 Å². The van der Waals surface area contributed by atoms with E-state index in [9.17, 15) is 27.6 Å². The van der Waals surface area contributed by atoms with Gasteiger partial charge in [0, 0.05) is 23.5 Å². The molecular weight excluding hydrogens is 626 g/mol. The maximum absolute atomic E-state index is 14.0. The van der Waals surface area contributed by atoms with E-state index < -0.39 is 74.3 Å². The first-order chi connectivity index (χ1) is 22.3. The lowest BCUT2D eigenvalue weighted by molar-refractivity contribution is -0.143. The molecule has 3 aliphatic carbocycles. The number of rotatable bonds is 9. The van der Waals surface area contributed by atoms with E-state index in [2.05, 4.69) is 27.1 Å². The number of nitrogens with zero attached hydrogens (tertiary/aromatic N) is 2. The Morgan fingerprint density at radius 1 is 1.06 bits per heavy atom. The monoisotopic (exact) mass is 661 g/mol. The summed E-state index contributed by atoms with van der Waals surface area (Å²) in [5.74, 6) is -2.58. The van der Waals surface area contributed by atoms with Crippen LogP contribution in [0.2, 0.25) is 0 Å². The third-order valence-electron chi connectivity index (χ3n) is 9.60. The lowest BCUT2D eigenvalue weighted by atomic mass is 9.98. The van der Waals surface area contributed by atoms with Gasteiger partial charge in [0.2, 0.25) is 21.8 Å². The van der Waals surface area contributed by atoms with Crippen LogP contribution in [0.25, 0.3) is 11.1 Å². The molecular formula is C33H35N5O8S. The van der Waals surface area contributed by atoms with Crippen LogP contribution >= 0.6 is 0 Å². The molecule has 5 aliphatic rings. The molecule has 2 aromatic rings. The van der Waals surface area contributed by atoms with E-state index in [4.69, 9.17) is 9.57 Å². The topological polar surface area (TPSA) is 173 Å². The highest BCUT2D eigenvalue weighted by molar-refractivity contribution is 7.91. The fraction of sp³-hybridized carbons (Fsp3) is 0.424. The third kappa shape index (κ3) is 5.33. The molecule has 0 aromatic heterocycles. The van der Waals surface area contributed by atoms with Crippen LogP contribution in [0.1, 0.15) is 50.7 Å². The number of likely N-dealkylation sites (tertiary alicyclic amines) is 1. The molecule has 0 unspecified atom stereocenters. The number of amides is 4. The van der Waals surface area contributed by atoms with Gasteiger partial charge in [-0.2, -0.15) is 0 Å². The van der Waals surface area contributed by atoms with Crippen LogP contribution in [0.15, 0.2) is 66.3 Å². The molecule has 2 saturated carbocycles. The van der Waals surface area contributed by atoms with Crippen molar-refractivity contribution in [2.75, 3.05) is 6.54 Å². The summed E-state index contributed by atoms with van der Waals surface area (Å²) in [6.45, 7) is 6.88. The van der Waals surface area contributed by atoms with Gasteiger partial charge in [0.05, 0.1) is 11.8 Å². The highest BCUT2D eigenvalue weighted by Gasteiger charge is 2.62. The van der Waals surface area contributed by atoms with Crippen molar-refractivity contribution in [2.45, 2.75) is 74.1 Å². The first kappa shape index (κ1) is 30.9. The van der Waals surface area contributed by atoms with E-state index in [1.165, 1.54) is 11.0 Å². The number of sulfonamides is 1. The summed E-state index contributed by atoms with van der Waals surface area (Å²) >= 11 is 0. The van der Waals surface area contributed by atoms with Gasteiger partial charge in [-0.3, -0.25) is 19.1 Å². The van der Waals surface area contributed by atoms with Crippen LogP contribution in [-0.4, -0.2) is 84.0 Å². The Morgan fingerprint density at radius 2 is 1.68 bits per heavy atom. The number of cyclic esters (lactones) is 1. The predicted octanol–water partition coefficient (Wildman–Crippen LogP) is 1.96. The fourth-order valence-corrected chi connectivity index (χ4v) is 8.11. The molecule has 3 N–H and O–H groups in total. The lowest BCUT2D eigenvalue weighted by Gasteiger charge is -2.31. The van der Waals surface area contributed by atoms with E-state index in [1.54, 1.807) is 13.8 Å². The van der Waals surface area contributed by atoms with Gasteiger partial charge in [0.1, 0.15) is 29.0 Å². The highest BCUT2D eigenvalue weighted by Crippen LogP contribution is 2.45. The standard InChI is InChI=1S/C33H35N5O8S/c1-4-18-16-33(18,30(41)37-47(43,44)20-13-14-20)35-28(39)25-15-19(17-38(25)29(40)27-32(2,3)45-31(42)34-27)46-36-26-23-11-7-5-9-21(23)22-10-6-8-12-24(22)26/h4-12,18-20,25,27H,1,13-17H2,2-3H3,(H,34,42)(H,35,39)(H,37,41)/t18-,19-,25+,27-,33-/m1/s1. The van der Waals surface area contributed by atoms with E-state index in [1.807, 2.05) is 48.5 Å². The largest absolute Gasteiger partial charge is 0.441 e. The minimum Gasteiger partial charge on any atom is -0.441 e. The molecule has 47 heavy (non-hydrogen) atoms. The zero-order valence-corrected chi connectivity index (χ0v) is 26.7. The molecule has 246 valence electrons. The van der Waals surface area contributed by atoms with E-state index in [0.717, 1.165) is 22.3 Å². The summed E-state index contributed by atoms with van der Waals surface area (Å²) in [7, 11) is -3.87. The van der Waals surface area contributed by atoms with Crippen LogP contribution in [0.5, 0.6) is 0 Å². The van der Waals surface area contributed by atoms with Crippen molar-refractivity contribution in [1.82, 2.24) is 20.3 Å². The van der Waals surface area contributed by atoms with Gasteiger partial charge in [0.15, 0.2) is 6.04 Å². The highest BCUT2D eigenvalue weighted by atomic mass is 32.2. The summed E-state index contributed by atoms with van der Waals surface area (Å²) in [6, 6.07) is 13.4. The van der Waals surface area contributed by atoms with Crippen molar-refractivity contribution >= 4 is 39.5 Å². The number of oxime groups is 1. The van der Waals surface area contributed by atoms with Crippen LogP contribution in [0, 0.1) is 5.92 Å². The Morgan fingerprint density at radius 3 is 2.21 bits per heavy atom. The number of hydrogen-bond donors (Lipinski definition) is 3. The zero-order valence-electron chi connectivity index (χ0n) is 25.9. The Balaban J connectivity index is 1.15. The molecule has 4 fully saturated rings. The molecule has 2 saturated heterocycles. The van der Waals surface area contributed by atoms with Crippen molar-refractivity contribution in [2.24, 2.45) is 11.1 Å². The summed E-state index contributed by atoms with van der Waals surface area (Å²) in [6.07, 6.45) is 1.12. The van der Waals surface area contributed by atoms with Gasteiger partial charge in [-0.15, -0.1) is 6.58 Å². The Bertz CT molecular complexity index is 1810. The van der Waals surface area contributed by atoms with Gasteiger partial charge in [-0.05, 0) is 44.2 Å². The van der Waals surface area contributed by atoms with Gasteiger partial charge in [-0.1, -0.05) is 59.8 Å².